The van der Waals surface area contributed by atoms with Crippen molar-refractivity contribution in [1.82, 2.24) is 5.32 Å². The van der Waals surface area contributed by atoms with E-state index >= 15 is 0 Å². The molecule has 0 heterocycles. The summed E-state index contributed by atoms with van der Waals surface area (Å²) in [4.78, 5) is 23.5. The van der Waals surface area contributed by atoms with Crippen LogP contribution in [0.1, 0.15) is 32.3 Å². The summed E-state index contributed by atoms with van der Waals surface area (Å²) < 4.78 is 26.5. The zero-order valence-corrected chi connectivity index (χ0v) is 12.7. The van der Waals surface area contributed by atoms with E-state index in [1.165, 1.54) is 19.1 Å². The first kappa shape index (κ1) is 18.2. The Morgan fingerprint density at radius 2 is 2.00 bits per heavy atom. The molecule has 0 saturated carbocycles. The molecule has 0 spiro atoms. The molecule has 1 aromatic rings. The Kier molecular flexibility index (Phi) is 7.11. The first-order valence-corrected chi connectivity index (χ1v) is 7.27. The van der Waals surface area contributed by atoms with E-state index in [-0.39, 0.29) is 18.5 Å². The van der Waals surface area contributed by atoms with E-state index in [1.807, 2.05) is 6.92 Å². The number of carbonyl (C=O) groups excluding carboxylic acids is 2. The van der Waals surface area contributed by atoms with E-state index in [0.29, 0.717) is 12.8 Å². The van der Waals surface area contributed by atoms with Crippen LogP contribution in [0.15, 0.2) is 18.2 Å². The third-order valence-electron chi connectivity index (χ3n) is 3.41. The number of rotatable bonds is 8. The average Bonchev–Trinajstić information content (AvgIpc) is 2.43. The van der Waals surface area contributed by atoms with Crippen LogP contribution in [0.2, 0.25) is 0 Å². The summed E-state index contributed by atoms with van der Waals surface area (Å²) in [7, 11) is 0. The van der Waals surface area contributed by atoms with Crippen molar-refractivity contribution in [1.29, 1.82) is 0 Å². The monoisotopic (exact) mass is 313 g/mol. The normalized spacial score (nSPS) is 13.5. The average molecular weight is 313 g/mol. The molecule has 1 amide bonds. The molecule has 22 heavy (non-hydrogen) atoms. The third-order valence-corrected chi connectivity index (χ3v) is 3.41. The predicted molar refractivity (Wildman–Crippen MR) is 78.2 cm³/mol. The van der Waals surface area contributed by atoms with Crippen LogP contribution in [0.25, 0.3) is 0 Å². The van der Waals surface area contributed by atoms with Gasteiger partial charge in [-0.2, -0.15) is 0 Å². The highest BCUT2D eigenvalue weighted by atomic mass is 19.2. The minimum atomic E-state index is -1.13. The van der Waals surface area contributed by atoms with Gasteiger partial charge in [0.25, 0.3) is 0 Å². The maximum Gasteiger partial charge on any atom is 0.233 e. The smallest absolute Gasteiger partial charge is 0.233 e. The van der Waals surface area contributed by atoms with Crippen LogP contribution in [0.3, 0.4) is 0 Å². The largest absolute Gasteiger partial charge is 0.392 e. The number of carbonyl (C=O) groups is 2. The fraction of sp³-hybridized carbons (Fsp3) is 0.500. The number of nitrogens with one attached hydrogen (secondary N) is 1. The van der Waals surface area contributed by atoms with Crippen molar-refractivity contribution in [2.24, 2.45) is 5.92 Å². The van der Waals surface area contributed by atoms with E-state index in [0.717, 1.165) is 6.07 Å². The van der Waals surface area contributed by atoms with Crippen LogP contribution in [0.5, 0.6) is 0 Å². The molecule has 0 aliphatic rings. The van der Waals surface area contributed by atoms with Gasteiger partial charge in [-0.1, -0.05) is 25.5 Å². The van der Waals surface area contributed by atoms with Crippen LogP contribution < -0.4 is 5.32 Å². The fourth-order valence-electron chi connectivity index (χ4n) is 2.26. The van der Waals surface area contributed by atoms with Gasteiger partial charge < -0.3 is 10.4 Å². The molecule has 2 atom stereocenters. The van der Waals surface area contributed by atoms with Gasteiger partial charge in [-0.15, -0.1) is 0 Å². The van der Waals surface area contributed by atoms with Gasteiger partial charge in [0, 0.05) is 6.54 Å². The summed E-state index contributed by atoms with van der Waals surface area (Å²) in [6, 6.07) is 3.84. The van der Waals surface area contributed by atoms with E-state index in [2.05, 4.69) is 5.32 Å². The van der Waals surface area contributed by atoms with Crippen LogP contribution in [-0.2, 0) is 16.0 Å². The number of amides is 1. The van der Waals surface area contributed by atoms with Crippen molar-refractivity contribution in [3.05, 3.63) is 35.4 Å². The minimum Gasteiger partial charge on any atom is -0.392 e. The number of benzene rings is 1. The summed E-state index contributed by atoms with van der Waals surface area (Å²) >= 11 is 0. The summed E-state index contributed by atoms with van der Waals surface area (Å²) in [6.45, 7) is 3.14. The summed E-state index contributed by atoms with van der Waals surface area (Å²) in [6.07, 6.45) is 0.0561. The molecular weight excluding hydrogens is 292 g/mol. The lowest BCUT2D eigenvalue weighted by Crippen LogP contribution is -2.42. The molecule has 0 fully saturated rings. The third kappa shape index (κ3) is 4.87. The van der Waals surface area contributed by atoms with Crippen LogP contribution in [0, 0.1) is 17.6 Å². The highest BCUT2D eigenvalue weighted by Gasteiger charge is 2.30. The lowest BCUT2D eigenvalue weighted by Gasteiger charge is -2.19. The topological polar surface area (TPSA) is 66.4 Å². The molecule has 0 bridgehead atoms. The quantitative estimate of drug-likeness (QED) is 0.721. The minimum absolute atomic E-state index is 0.0574. The number of hydrogen-bond acceptors (Lipinski definition) is 3. The molecule has 2 N–H and O–H groups in total. The molecule has 0 aromatic heterocycles. The van der Waals surface area contributed by atoms with Crippen molar-refractivity contribution in [3.63, 3.8) is 0 Å². The standard InChI is InChI=1S/C16H21F2NO3/c1-3-5-13(21)14(10(2)20)16(22)19-9-8-11-6-4-7-12(17)15(11)18/h4,6-7,13-14,21H,3,5,8-9H2,1-2H3,(H,19,22). The molecule has 0 radical (unpaired) electrons. The van der Waals surface area contributed by atoms with E-state index in [4.69, 9.17) is 0 Å². The van der Waals surface area contributed by atoms with Crippen LogP contribution in [0.4, 0.5) is 8.78 Å². The SMILES string of the molecule is CCCC(O)C(C(C)=O)C(=O)NCCc1cccc(F)c1F. The Morgan fingerprint density at radius 3 is 2.59 bits per heavy atom. The molecule has 6 heteroatoms. The molecule has 2 unspecified atom stereocenters. The molecule has 1 rings (SSSR count). The van der Waals surface area contributed by atoms with E-state index in [9.17, 15) is 23.5 Å². The van der Waals surface area contributed by atoms with Gasteiger partial charge in [0.2, 0.25) is 5.91 Å². The predicted octanol–water partition coefficient (Wildman–Crippen LogP) is 1.99. The zero-order chi connectivity index (χ0) is 16.7. The Morgan fingerprint density at radius 1 is 1.32 bits per heavy atom. The first-order chi connectivity index (χ1) is 10.4. The molecule has 0 aliphatic carbocycles. The number of ketones is 1. The lowest BCUT2D eigenvalue weighted by atomic mass is 9.94. The van der Waals surface area contributed by atoms with Crippen LogP contribution >= 0.6 is 0 Å². The fourth-order valence-corrected chi connectivity index (χ4v) is 2.26. The first-order valence-electron chi connectivity index (χ1n) is 7.27. The molecule has 0 saturated heterocycles. The second-order valence-electron chi connectivity index (χ2n) is 5.20. The van der Waals surface area contributed by atoms with Crippen molar-refractivity contribution in [3.8, 4) is 0 Å². The lowest BCUT2D eigenvalue weighted by molar-refractivity contribution is -0.137. The van der Waals surface area contributed by atoms with Gasteiger partial charge in [0.1, 0.15) is 11.7 Å². The highest BCUT2D eigenvalue weighted by molar-refractivity contribution is 6.00. The summed E-state index contributed by atoms with van der Waals surface area (Å²) in [5.41, 5.74) is 0.147. The molecule has 122 valence electrons. The Balaban J connectivity index is 2.60. The Bertz CT molecular complexity index is 534. The highest BCUT2D eigenvalue weighted by Crippen LogP contribution is 2.13. The molecule has 1 aromatic carbocycles. The molecule has 4 nitrogen and oxygen atoms in total. The van der Waals surface area contributed by atoms with E-state index < -0.39 is 35.3 Å². The maximum atomic E-state index is 13.5. The zero-order valence-electron chi connectivity index (χ0n) is 12.7. The molecule has 0 aliphatic heterocycles. The van der Waals surface area contributed by atoms with E-state index in [1.54, 1.807) is 0 Å². The number of Topliss-reactive ketones (excluding diaryl/α,β-unsaturated/α-hetero) is 1. The molecular formula is C16H21F2NO3. The van der Waals surface area contributed by atoms with Crippen molar-refractivity contribution in [2.75, 3.05) is 6.54 Å². The summed E-state index contributed by atoms with van der Waals surface area (Å²) in [5, 5.41) is 12.3. The van der Waals surface area contributed by atoms with Gasteiger partial charge in [0.15, 0.2) is 11.6 Å². The van der Waals surface area contributed by atoms with Gasteiger partial charge in [-0.3, -0.25) is 9.59 Å². The van der Waals surface area contributed by atoms with Crippen LogP contribution in [-0.4, -0.2) is 29.4 Å². The second kappa shape index (κ2) is 8.58. The van der Waals surface area contributed by atoms with Crippen molar-refractivity contribution >= 4 is 11.7 Å². The van der Waals surface area contributed by atoms with Crippen molar-refractivity contribution < 1.29 is 23.5 Å². The number of aliphatic hydroxyl groups is 1. The Labute approximate surface area is 128 Å². The number of halogens is 2. The number of hydrogen-bond donors (Lipinski definition) is 2. The summed E-state index contributed by atoms with van der Waals surface area (Å²) in [5.74, 6) is -4.02. The van der Waals surface area contributed by atoms with Crippen molar-refractivity contribution in [2.45, 2.75) is 39.2 Å². The van der Waals surface area contributed by atoms with Gasteiger partial charge in [-0.05, 0) is 31.4 Å². The van der Waals surface area contributed by atoms with Gasteiger partial charge >= 0.3 is 0 Å². The second-order valence-corrected chi connectivity index (χ2v) is 5.20. The maximum absolute atomic E-state index is 13.5. The number of aliphatic hydroxyl groups excluding tert-OH is 1. The Hall–Kier alpha value is -1.82. The van der Waals surface area contributed by atoms with Gasteiger partial charge in [-0.25, -0.2) is 8.78 Å². The van der Waals surface area contributed by atoms with Gasteiger partial charge in [0.05, 0.1) is 6.10 Å².